The van der Waals surface area contributed by atoms with Gasteiger partial charge in [-0.25, -0.2) is 0 Å². The van der Waals surface area contributed by atoms with E-state index in [0.717, 1.165) is 116 Å². The molecule has 0 aliphatic rings. The van der Waals surface area contributed by atoms with E-state index in [-0.39, 0.29) is 37.5 Å². The Morgan fingerprint density at radius 3 is 1.06 bits per heavy atom. The molecule has 0 aromatic carbocycles. The monoisotopic (exact) mass is 897 g/mol. The fourth-order valence-corrected chi connectivity index (χ4v) is 6.53. The van der Waals surface area contributed by atoms with Gasteiger partial charge in [-0.1, -0.05) is 225 Å². The van der Waals surface area contributed by atoms with Crippen LogP contribution in [0, 0.1) is 0 Å². The van der Waals surface area contributed by atoms with Crippen LogP contribution in [-0.4, -0.2) is 37.2 Å². The van der Waals surface area contributed by atoms with Crippen LogP contribution in [0.3, 0.4) is 0 Å². The van der Waals surface area contributed by atoms with Crippen molar-refractivity contribution in [3.63, 3.8) is 0 Å². The third-order valence-corrected chi connectivity index (χ3v) is 10.3. The van der Waals surface area contributed by atoms with Gasteiger partial charge in [-0.05, 0) is 89.9 Å². The Hall–Kier alpha value is -4.45. The van der Waals surface area contributed by atoms with Gasteiger partial charge < -0.3 is 14.2 Å². The van der Waals surface area contributed by atoms with Gasteiger partial charge in [-0.2, -0.15) is 0 Å². The second kappa shape index (κ2) is 52.2. The van der Waals surface area contributed by atoms with Gasteiger partial charge in [0.25, 0.3) is 0 Å². The van der Waals surface area contributed by atoms with Gasteiger partial charge in [0.05, 0.1) is 0 Å². The van der Waals surface area contributed by atoms with Gasteiger partial charge in [-0.3, -0.25) is 14.4 Å². The Kier molecular flexibility index (Phi) is 48.6. The third kappa shape index (κ3) is 50.4. The smallest absolute Gasteiger partial charge is 0.306 e. The van der Waals surface area contributed by atoms with Crippen molar-refractivity contribution in [1.82, 2.24) is 0 Å². The zero-order valence-electron chi connectivity index (χ0n) is 41.4. The molecular formula is C59H92O6. The Labute approximate surface area is 398 Å². The number of carbonyl (C=O) groups is 3. The summed E-state index contributed by atoms with van der Waals surface area (Å²) in [6, 6.07) is 0. The van der Waals surface area contributed by atoms with Gasteiger partial charge in [-0.15, -0.1) is 0 Å². The highest BCUT2D eigenvalue weighted by Gasteiger charge is 2.19. The number of hydrogen-bond donors (Lipinski definition) is 0. The van der Waals surface area contributed by atoms with E-state index >= 15 is 0 Å². The summed E-state index contributed by atoms with van der Waals surface area (Å²) < 4.78 is 16.7. The molecule has 0 fully saturated rings. The number of hydrogen-bond acceptors (Lipinski definition) is 6. The molecule has 0 aliphatic heterocycles. The first-order chi connectivity index (χ1) is 32.0. The zero-order chi connectivity index (χ0) is 47.2. The van der Waals surface area contributed by atoms with Crippen molar-refractivity contribution in [2.24, 2.45) is 0 Å². The maximum Gasteiger partial charge on any atom is 0.306 e. The van der Waals surface area contributed by atoms with Crippen molar-refractivity contribution in [2.45, 2.75) is 207 Å². The zero-order valence-corrected chi connectivity index (χ0v) is 41.4. The molecule has 0 aliphatic carbocycles. The lowest BCUT2D eigenvalue weighted by Crippen LogP contribution is -2.30. The molecule has 0 saturated carbocycles. The summed E-state index contributed by atoms with van der Waals surface area (Å²) in [4.78, 5) is 38.0. The van der Waals surface area contributed by atoms with Gasteiger partial charge >= 0.3 is 17.9 Å². The normalized spacial score (nSPS) is 13.2. The lowest BCUT2D eigenvalue weighted by atomic mass is 10.1. The first kappa shape index (κ1) is 60.5. The standard InChI is InChI=1S/C59H92O6/c1-4-7-10-13-16-19-22-25-27-28-29-30-32-34-37-40-43-46-49-52-58(61)64-55-56(54-63-57(60)51-48-45-42-39-36-33-24-21-18-15-12-9-6-3)65-59(62)53-50-47-44-41-38-35-31-26-23-20-17-14-11-8-5-2/h7-12,14-21,23-27,31,35,38,56H,4-6,13,22,28-30,32-34,36-37,39-55H2,1-3H3/b10-7+,11-8+,12-9+,17-14+,18-15+,19-16+,23-20+,24-21+,27-25+,31-26+,38-35+. The Morgan fingerprint density at radius 1 is 0.323 bits per heavy atom. The number of rotatable bonds is 44. The quantitative estimate of drug-likeness (QED) is 0.0199. The summed E-state index contributed by atoms with van der Waals surface area (Å²) in [5, 5.41) is 0. The molecule has 0 bridgehead atoms. The topological polar surface area (TPSA) is 78.9 Å². The van der Waals surface area contributed by atoms with Crippen LogP contribution in [0.1, 0.15) is 201 Å². The lowest BCUT2D eigenvalue weighted by molar-refractivity contribution is -0.167. The number of ether oxygens (including phenoxy) is 3. The van der Waals surface area contributed by atoms with Crippen LogP contribution in [0.5, 0.6) is 0 Å². The van der Waals surface area contributed by atoms with Crippen LogP contribution in [0.2, 0.25) is 0 Å². The van der Waals surface area contributed by atoms with Crippen LogP contribution < -0.4 is 0 Å². The van der Waals surface area contributed by atoms with E-state index in [0.29, 0.717) is 19.3 Å². The highest BCUT2D eigenvalue weighted by atomic mass is 16.6. The average molecular weight is 897 g/mol. The lowest BCUT2D eigenvalue weighted by Gasteiger charge is -2.18. The number of esters is 3. The van der Waals surface area contributed by atoms with E-state index in [1.165, 1.54) is 38.5 Å². The van der Waals surface area contributed by atoms with Crippen LogP contribution >= 0.6 is 0 Å². The molecule has 1 unspecified atom stereocenters. The molecule has 0 amide bonds. The van der Waals surface area contributed by atoms with Crippen molar-refractivity contribution in [3.05, 3.63) is 134 Å². The van der Waals surface area contributed by atoms with E-state index < -0.39 is 6.10 Å². The Morgan fingerprint density at radius 2 is 0.631 bits per heavy atom. The van der Waals surface area contributed by atoms with Gasteiger partial charge in [0, 0.05) is 19.3 Å². The molecule has 0 heterocycles. The van der Waals surface area contributed by atoms with Gasteiger partial charge in [0.1, 0.15) is 13.2 Å². The van der Waals surface area contributed by atoms with Crippen LogP contribution in [-0.2, 0) is 28.6 Å². The van der Waals surface area contributed by atoms with Crippen molar-refractivity contribution in [3.8, 4) is 0 Å². The summed E-state index contributed by atoms with van der Waals surface area (Å²) in [5.41, 5.74) is 0. The minimum atomic E-state index is -0.816. The Balaban J connectivity index is 4.49. The summed E-state index contributed by atoms with van der Waals surface area (Å²) >= 11 is 0. The van der Waals surface area contributed by atoms with Crippen molar-refractivity contribution >= 4 is 17.9 Å². The average Bonchev–Trinajstić information content (AvgIpc) is 3.30. The predicted octanol–water partition coefficient (Wildman–Crippen LogP) is 17.1. The highest BCUT2D eigenvalue weighted by Crippen LogP contribution is 2.14. The van der Waals surface area contributed by atoms with Crippen LogP contribution in [0.15, 0.2) is 134 Å². The summed E-state index contributed by atoms with van der Waals surface area (Å²) in [5.74, 6) is -0.988. The largest absolute Gasteiger partial charge is 0.462 e. The molecule has 0 N–H and O–H groups in total. The molecular weight excluding hydrogens is 805 g/mol. The predicted molar refractivity (Wildman–Crippen MR) is 279 cm³/mol. The molecule has 0 rings (SSSR count). The molecule has 364 valence electrons. The molecule has 0 spiro atoms. The molecule has 65 heavy (non-hydrogen) atoms. The fraction of sp³-hybridized carbons (Fsp3) is 0.576. The second-order valence-corrected chi connectivity index (χ2v) is 16.5. The molecule has 6 heteroatoms. The molecule has 6 nitrogen and oxygen atoms in total. The number of allylic oxidation sites excluding steroid dienone is 22. The molecule has 0 aromatic heterocycles. The van der Waals surface area contributed by atoms with E-state index in [4.69, 9.17) is 14.2 Å². The van der Waals surface area contributed by atoms with E-state index in [1.54, 1.807) is 0 Å². The maximum absolute atomic E-state index is 12.8. The van der Waals surface area contributed by atoms with Crippen molar-refractivity contribution in [2.75, 3.05) is 13.2 Å². The third-order valence-electron chi connectivity index (χ3n) is 10.3. The number of carbonyl (C=O) groups excluding carboxylic acids is 3. The van der Waals surface area contributed by atoms with Gasteiger partial charge in [0.15, 0.2) is 6.10 Å². The molecule has 0 radical (unpaired) electrons. The summed E-state index contributed by atoms with van der Waals surface area (Å²) in [6.45, 7) is 6.17. The number of unbranched alkanes of at least 4 members (excludes halogenated alkanes) is 17. The first-order valence-electron chi connectivity index (χ1n) is 25.8. The first-order valence-corrected chi connectivity index (χ1v) is 25.8. The van der Waals surface area contributed by atoms with E-state index in [2.05, 4.69) is 99.8 Å². The minimum Gasteiger partial charge on any atom is -0.462 e. The van der Waals surface area contributed by atoms with Crippen LogP contribution in [0.25, 0.3) is 0 Å². The Bertz CT molecular complexity index is 1450. The maximum atomic E-state index is 12.8. The fourth-order valence-electron chi connectivity index (χ4n) is 6.53. The highest BCUT2D eigenvalue weighted by molar-refractivity contribution is 5.71. The molecule has 0 aromatic rings. The van der Waals surface area contributed by atoms with Gasteiger partial charge in [0.2, 0.25) is 0 Å². The minimum absolute atomic E-state index is 0.110. The van der Waals surface area contributed by atoms with Crippen molar-refractivity contribution < 1.29 is 28.6 Å². The summed E-state index contributed by atoms with van der Waals surface area (Å²) in [6.07, 6.45) is 72.9. The van der Waals surface area contributed by atoms with E-state index in [9.17, 15) is 14.4 Å². The second-order valence-electron chi connectivity index (χ2n) is 16.5. The van der Waals surface area contributed by atoms with E-state index in [1.807, 2.05) is 54.7 Å². The SMILES string of the molecule is CC/C=C/C=C/C=C/C=C/C=C/CCCCCC(=O)OC(COC(=O)CCCCCCC/C=C/C=C/C=C/CC)COC(=O)CCCCCCCCCCC/C=C/C/C=C/C/C=C/CC. The van der Waals surface area contributed by atoms with Crippen LogP contribution in [0.4, 0.5) is 0 Å². The molecule has 0 saturated heterocycles. The summed E-state index contributed by atoms with van der Waals surface area (Å²) in [7, 11) is 0. The van der Waals surface area contributed by atoms with Crippen molar-refractivity contribution in [1.29, 1.82) is 0 Å². The molecule has 1 atom stereocenters.